The minimum Gasteiger partial charge on any atom is -0.368 e. The number of hydrogen-bond acceptors (Lipinski definition) is 8. The van der Waals surface area contributed by atoms with Crippen molar-refractivity contribution in [3.05, 3.63) is 33.3 Å². The Labute approximate surface area is 145 Å². The summed E-state index contributed by atoms with van der Waals surface area (Å²) in [5.41, 5.74) is 10.4. The first-order valence-corrected chi connectivity index (χ1v) is 8.04. The highest BCUT2D eigenvalue weighted by Crippen LogP contribution is 2.21. The molecular weight excluding hydrogens is 324 g/mol. The average Bonchev–Trinajstić information content (AvgIpc) is 2.82. The zero-order valence-corrected chi connectivity index (χ0v) is 14.6. The molecule has 0 aliphatic rings. The van der Waals surface area contributed by atoms with Crippen LogP contribution in [0.3, 0.4) is 0 Å². The lowest BCUT2D eigenvalue weighted by atomic mass is 10.2. The number of hydrazone groups is 1. The van der Waals surface area contributed by atoms with Gasteiger partial charge in [0.05, 0.1) is 16.8 Å². The van der Waals surface area contributed by atoms with Crippen LogP contribution in [0.2, 0.25) is 0 Å². The Hall–Kier alpha value is -3.04. The van der Waals surface area contributed by atoms with Crippen LogP contribution in [0.5, 0.6) is 0 Å². The van der Waals surface area contributed by atoms with Crippen molar-refractivity contribution in [2.24, 2.45) is 5.10 Å². The van der Waals surface area contributed by atoms with Crippen molar-refractivity contribution in [1.29, 1.82) is 0 Å². The normalized spacial score (nSPS) is 11.2. The van der Waals surface area contributed by atoms with Crippen LogP contribution in [-0.4, -0.2) is 30.9 Å². The number of nitrogen functional groups attached to an aromatic ring is 1. The van der Waals surface area contributed by atoms with Crippen molar-refractivity contribution in [3.63, 3.8) is 0 Å². The first-order chi connectivity index (χ1) is 11.9. The third kappa shape index (κ3) is 4.49. The molecule has 0 spiro atoms. The first kappa shape index (κ1) is 18.3. The van der Waals surface area contributed by atoms with E-state index < -0.39 is 4.92 Å². The van der Waals surface area contributed by atoms with E-state index in [1.54, 1.807) is 6.21 Å². The molecule has 2 heterocycles. The Balaban J connectivity index is 2.15. The lowest BCUT2D eigenvalue weighted by Gasteiger charge is -2.03. The maximum Gasteiger partial charge on any atom is 0.331 e. The van der Waals surface area contributed by atoms with E-state index in [4.69, 9.17) is 5.73 Å². The predicted octanol–water partition coefficient (Wildman–Crippen LogP) is 2.42. The van der Waals surface area contributed by atoms with Crippen LogP contribution < -0.4 is 11.2 Å². The Morgan fingerprint density at radius 1 is 1.44 bits per heavy atom. The Bertz CT molecular complexity index is 784. The summed E-state index contributed by atoms with van der Waals surface area (Å²) in [5, 5.41) is 19.5. The van der Waals surface area contributed by atoms with Crippen LogP contribution >= 0.6 is 0 Å². The number of unbranched alkanes of at least 4 members (excludes halogenated alkanes) is 2. The number of anilines is 2. The predicted molar refractivity (Wildman–Crippen MR) is 95.5 cm³/mol. The maximum absolute atomic E-state index is 11.0. The Morgan fingerprint density at radius 2 is 2.20 bits per heavy atom. The van der Waals surface area contributed by atoms with Crippen molar-refractivity contribution >= 4 is 23.7 Å². The summed E-state index contributed by atoms with van der Waals surface area (Å²) in [6.45, 7) is 6.88. The topological polar surface area (TPSA) is 137 Å². The van der Waals surface area contributed by atoms with Gasteiger partial charge in [0.25, 0.3) is 0 Å². The van der Waals surface area contributed by atoms with E-state index >= 15 is 0 Å². The molecule has 0 aromatic carbocycles. The molecule has 0 unspecified atom stereocenters. The van der Waals surface area contributed by atoms with E-state index in [1.807, 2.05) is 18.5 Å². The SMILES string of the molecule is CCCCCn1nc(C)c(C=NNc2nc(N)ncc2[N+](=O)[O-])c1C. The van der Waals surface area contributed by atoms with Gasteiger partial charge in [0.1, 0.15) is 6.20 Å². The summed E-state index contributed by atoms with van der Waals surface area (Å²) in [6, 6.07) is 0. The van der Waals surface area contributed by atoms with Gasteiger partial charge in [-0.15, -0.1) is 0 Å². The number of nitrogens with zero attached hydrogens (tertiary/aromatic N) is 6. The number of nitrogens with two attached hydrogens (primary N) is 1. The van der Waals surface area contributed by atoms with E-state index in [0.29, 0.717) is 0 Å². The van der Waals surface area contributed by atoms with Crippen LogP contribution in [-0.2, 0) is 6.54 Å². The number of nitro groups is 1. The molecule has 2 aromatic heterocycles. The fourth-order valence-corrected chi connectivity index (χ4v) is 2.39. The van der Waals surface area contributed by atoms with Crippen molar-refractivity contribution in [1.82, 2.24) is 19.7 Å². The van der Waals surface area contributed by atoms with Crippen LogP contribution in [0.25, 0.3) is 0 Å². The van der Waals surface area contributed by atoms with Gasteiger partial charge in [-0.3, -0.25) is 20.2 Å². The van der Waals surface area contributed by atoms with Crippen LogP contribution in [0.1, 0.15) is 43.1 Å². The minimum atomic E-state index is -0.598. The van der Waals surface area contributed by atoms with E-state index in [1.165, 1.54) is 0 Å². The van der Waals surface area contributed by atoms with Crippen molar-refractivity contribution in [2.75, 3.05) is 11.2 Å². The van der Waals surface area contributed by atoms with Crippen LogP contribution in [0.15, 0.2) is 11.3 Å². The molecule has 0 atom stereocenters. The van der Waals surface area contributed by atoms with Crippen LogP contribution in [0.4, 0.5) is 17.5 Å². The van der Waals surface area contributed by atoms with Gasteiger partial charge in [-0.05, 0) is 20.3 Å². The summed E-state index contributed by atoms with van der Waals surface area (Å²) < 4.78 is 1.96. The minimum absolute atomic E-state index is 0.0561. The third-order valence-electron chi connectivity index (χ3n) is 3.76. The zero-order valence-electron chi connectivity index (χ0n) is 14.6. The molecule has 10 nitrogen and oxygen atoms in total. The van der Waals surface area contributed by atoms with Gasteiger partial charge in [-0.25, -0.2) is 4.98 Å². The van der Waals surface area contributed by atoms with Gasteiger partial charge in [0.15, 0.2) is 0 Å². The average molecular weight is 346 g/mol. The fourth-order valence-electron chi connectivity index (χ4n) is 2.39. The molecule has 0 radical (unpaired) electrons. The lowest BCUT2D eigenvalue weighted by molar-refractivity contribution is -0.384. The van der Waals surface area contributed by atoms with E-state index in [9.17, 15) is 10.1 Å². The van der Waals surface area contributed by atoms with Gasteiger partial charge >= 0.3 is 5.69 Å². The Kier molecular flexibility index (Phi) is 5.98. The molecule has 0 bridgehead atoms. The molecule has 25 heavy (non-hydrogen) atoms. The number of aromatic nitrogens is 4. The van der Waals surface area contributed by atoms with Gasteiger partial charge in [0, 0.05) is 17.8 Å². The quantitative estimate of drug-likeness (QED) is 0.324. The number of nitrogens with one attached hydrogen (secondary N) is 1. The fraction of sp³-hybridized carbons (Fsp3) is 0.467. The smallest absolute Gasteiger partial charge is 0.331 e. The van der Waals surface area contributed by atoms with Crippen LogP contribution in [0, 0.1) is 24.0 Å². The molecule has 0 aliphatic heterocycles. The third-order valence-corrected chi connectivity index (χ3v) is 3.76. The van der Waals surface area contributed by atoms with Crippen molar-refractivity contribution in [2.45, 2.75) is 46.6 Å². The summed E-state index contributed by atoms with van der Waals surface area (Å²) in [6.07, 6.45) is 6.00. The largest absolute Gasteiger partial charge is 0.368 e. The molecule has 3 N–H and O–H groups in total. The van der Waals surface area contributed by atoms with Crippen molar-refractivity contribution < 1.29 is 4.92 Å². The van der Waals surface area contributed by atoms with Gasteiger partial charge in [0.2, 0.25) is 11.8 Å². The summed E-state index contributed by atoms with van der Waals surface area (Å²) >= 11 is 0. The molecule has 0 saturated carbocycles. The summed E-state index contributed by atoms with van der Waals surface area (Å²) in [5.74, 6) is -0.126. The maximum atomic E-state index is 11.0. The number of aryl methyl sites for hydroxylation is 2. The number of rotatable bonds is 8. The molecule has 2 aromatic rings. The molecule has 134 valence electrons. The number of hydrogen-bond donors (Lipinski definition) is 2. The first-order valence-electron chi connectivity index (χ1n) is 8.04. The zero-order chi connectivity index (χ0) is 18.4. The summed E-state index contributed by atoms with van der Waals surface area (Å²) in [4.78, 5) is 17.8. The molecule has 10 heteroatoms. The highest BCUT2D eigenvalue weighted by molar-refractivity contribution is 5.83. The molecule has 0 amide bonds. The second-order valence-corrected chi connectivity index (χ2v) is 5.60. The van der Waals surface area contributed by atoms with Gasteiger partial charge in [-0.1, -0.05) is 19.8 Å². The van der Waals surface area contributed by atoms with E-state index in [-0.39, 0.29) is 17.5 Å². The standard InChI is InChI=1S/C15H22N8O2/c1-4-5-6-7-22-11(3)12(10(2)21-22)8-18-20-14-13(23(24)25)9-17-15(16)19-14/h8-9H,4-7H2,1-3H3,(H3,16,17,19,20). The summed E-state index contributed by atoms with van der Waals surface area (Å²) in [7, 11) is 0. The molecule has 0 fully saturated rings. The van der Waals surface area contributed by atoms with E-state index in [0.717, 1.165) is 49.0 Å². The monoisotopic (exact) mass is 346 g/mol. The van der Waals surface area contributed by atoms with Gasteiger partial charge < -0.3 is 5.73 Å². The van der Waals surface area contributed by atoms with Crippen molar-refractivity contribution in [3.8, 4) is 0 Å². The van der Waals surface area contributed by atoms with Gasteiger partial charge in [-0.2, -0.15) is 15.2 Å². The molecule has 0 saturated heterocycles. The lowest BCUT2D eigenvalue weighted by Crippen LogP contribution is -2.04. The second kappa shape index (κ2) is 8.18. The van der Waals surface area contributed by atoms with E-state index in [2.05, 4.69) is 32.5 Å². The Morgan fingerprint density at radius 3 is 2.88 bits per heavy atom. The molecule has 2 rings (SSSR count). The highest BCUT2D eigenvalue weighted by atomic mass is 16.6. The molecular formula is C15H22N8O2. The molecule has 0 aliphatic carbocycles. The second-order valence-electron chi connectivity index (χ2n) is 5.60. The highest BCUT2D eigenvalue weighted by Gasteiger charge is 2.16.